The number of aliphatic hydroxyl groups excluding tert-OH is 2. The zero-order chi connectivity index (χ0) is 39.8. The smallest absolute Gasteiger partial charge is 0.266 e. The van der Waals surface area contributed by atoms with Crippen LogP contribution in [0.2, 0.25) is 0 Å². The largest absolute Gasteiger partial charge is 0.391 e. The van der Waals surface area contributed by atoms with E-state index < -0.39 is 40.0 Å². The lowest BCUT2D eigenvalue weighted by Crippen LogP contribution is -2.50. The van der Waals surface area contributed by atoms with Crippen LogP contribution in [0, 0.1) is 0 Å². The SMILES string of the molecule is CCCCCCCCCCC/C=C\CCCCCCC(O)C(=O)NC(CS(=O)(=O)O)C(O)CCCCCCCCCCCCCCCCCCCCCC. The van der Waals surface area contributed by atoms with E-state index in [0.29, 0.717) is 12.8 Å². The molecule has 0 fully saturated rings. The second kappa shape index (κ2) is 40.2. The summed E-state index contributed by atoms with van der Waals surface area (Å²) in [5, 5.41) is 23.6. The summed E-state index contributed by atoms with van der Waals surface area (Å²) in [5.74, 6) is -1.45. The average molecular weight is 786 g/mol. The Bertz CT molecular complexity index is 926. The topological polar surface area (TPSA) is 124 Å². The molecule has 0 aliphatic heterocycles. The predicted octanol–water partition coefficient (Wildman–Crippen LogP) is 13.1. The zero-order valence-electron chi connectivity index (χ0n) is 35.7. The van der Waals surface area contributed by atoms with Gasteiger partial charge in [-0.25, -0.2) is 0 Å². The molecule has 0 heterocycles. The molecular formula is C46H91NO6S. The molecule has 0 aliphatic rings. The summed E-state index contributed by atoms with van der Waals surface area (Å²) in [7, 11) is -4.41. The van der Waals surface area contributed by atoms with Crippen molar-refractivity contribution in [1.82, 2.24) is 5.32 Å². The van der Waals surface area contributed by atoms with Crippen LogP contribution in [-0.2, 0) is 14.9 Å². The number of hydrogen-bond acceptors (Lipinski definition) is 5. The van der Waals surface area contributed by atoms with Gasteiger partial charge in [-0.15, -0.1) is 0 Å². The van der Waals surface area contributed by atoms with Gasteiger partial charge in [0.15, 0.2) is 0 Å². The maximum absolute atomic E-state index is 12.6. The molecule has 1 amide bonds. The minimum absolute atomic E-state index is 0.286. The van der Waals surface area contributed by atoms with Crippen LogP contribution in [0.5, 0.6) is 0 Å². The fourth-order valence-corrected chi connectivity index (χ4v) is 8.22. The third-order valence-electron chi connectivity index (χ3n) is 11.1. The summed E-state index contributed by atoms with van der Waals surface area (Å²) < 4.78 is 32.7. The van der Waals surface area contributed by atoms with Crippen molar-refractivity contribution in [1.29, 1.82) is 0 Å². The Labute approximate surface area is 335 Å². The van der Waals surface area contributed by atoms with Crippen LogP contribution in [0.4, 0.5) is 0 Å². The number of allylic oxidation sites excluding steroid dienone is 2. The van der Waals surface area contributed by atoms with Crippen LogP contribution < -0.4 is 5.32 Å². The van der Waals surface area contributed by atoms with Crippen LogP contribution in [0.1, 0.15) is 251 Å². The van der Waals surface area contributed by atoms with Crippen LogP contribution >= 0.6 is 0 Å². The summed E-state index contributed by atoms with van der Waals surface area (Å²) in [6.07, 6.45) is 46.6. The number of nitrogens with one attached hydrogen (secondary N) is 1. The van der Waals surface area contributed by atoms with Crippen LogP contribution in [0.3, 0.4) is 0 Å². The van der Waals surface area contributed by atoms with Gasteiger partial charge in [0.2, 0.25) is 5.91 Å². The highest BCUT2D eigenvalue weighted by molar-refractivity contribution is 7.85. The molecular weight excluding hydrogens is 695 g/mol. The van der Waals surface area contributed by atoms with Gasteiger partial charge in [-0.1, -0.05) is 225 Å². The van der Waals surface area contributed by atoms with Crippen molar-refractivity contribution in [3.8, 4) is 0 Å². The monoisotopic (exact) mass is 786 g/mol. The summed E-state index contributed by atoms with van der Waals surface area (Å²) in [6.45, 7) is 4.53. The van der Waals surface area contributed by atoms with Crippen molar-refractivity contribution in [2.75, 3.05) is 5.75 Å². The molecule has 3 unspecified atom stereocenters. The van der Waals surface area contributed by atoms with E-state index in [-0.39, 0.29) is 6.42 Å². The first-order valence-electron chi connectivity index (χ1n) is 23.5. The van der Waals surface area contributed by atoms with Crippen molar-refractivity contribution in [2.45, 2.75) is 270 Å². The number of carbonyl (C=O) groups excluding carboxylic acids is 1. The number of hydrogen-bond donors (Lipinski definition) is 4. The molecule has 4 N–H and O–H groups in total. The van der Waals surface area contributed by atoms with Gasteiger partial charge in [-0.05, 0) is 38.5 Å². The highest BCUT2D eigenvalue weighted by Gasteiger charge is 2.28. The van der Waals surface area contributed by atoms with Crippen molar-refractivity contribution in [3.63, 3.8) is 0 Å². The molecule has 322 valence electrons. The van der Waals surface area contributed by atoms with Crippen LogP contribution in [0.15, 0.2) is 12.2 Å². The maximum atomic E-state index is 12.6. The van der Waals surface area contributed by atoms with Gasteiger partial charge in [-0.3, -0.25) is 9.35 Å². The number of carbonyl (C=O) groups is 1. The van der Waals surface area contributed by atoms with Gasteiger partial charge < -0.3 is 15.5 Å². The van der Waals surface area contributed by atoms with E-state index >= 15 is 0 Å². The molecule has 0 bridgehead atoms. The molecule has 0 saturated carbocycles. The predicted molar refractivity (Wildman–Crippen MR) is 232 cm³/mol. The highest BCUT2D eigenvalue weighted by atomic mass is 32.2. The van der Waals surface area contributed by atoms with E-state index in [4.69, 9.17) is 0 Å². The summed E-state index contributed by atoms with van der Waals surface area (Å²) in [4.78, 5) is 12.6. The van der Waals surface area contributed by atoms with Crippen molar-refractivity contribution < 1.29 is 28.0 Å². The highest BCUT2D eigenvalue weighted by Crippen LogP contribution is 2.17. The number of unbranched alkanes of at least 4 members (excludes halogenated alkanes) is 32. The van der Waals surface area contributed by atoms with E-state index in [9.17, 15) is 28.0 Å². The minimum atomic E-state index is -4.41. The molecule has 0 aromatic carbocycles. The number of aliphatic hydroxyl groups is 2. The van der Waals surface area contributed by atoms with Gasteiger partial charge >= 0.3 is 0 Å². The Morgan fingerprint density at radius 1 is 0.481 bits per heavy atom. The lowest BCUT2D eigenvalue weighted by atomic mass is 10.0. The Hall–Kier alpha value is -0.960. The Morgan fingerprint density at radius 2 is 0.778 bits per heavy atom. The summed E-state index contributed by atoms with van der Waals surface area (Å²) >= 11 is 0. The molecule has 0 rings (SSSR count). The maximum Gasteiger partial charge on any atom is 0.266 e. The second-order valence-corrected chi connectivity index (χ2v) is 18.0. The normalized spacial score (nSPS) is 13.8. The van der Waals surface area contributed by atoms with Gasteiger partial charge in [0.1, 0.15) is 6.10 Å². The van der Waals surface area contributed by atoms with E-state index in [1.807, 2.05) is 0 Å². The lowest BCUT2D eigenvalue weighted by Gasteiger charge is -2.24. The van der Waals surface area contributed by atoms with Crippen molar-refractivity contribution >= 4 is 16.0 Å². The molecule has 0 aliphatic carbocycles. The Morgan fingerprint density at radius 3 is 1.11 bits per heavy atom. The van der Waals surface area contributed by atoms with Gasteiger partial charge in [0, 0.05) is 0 Å². The zero-order valence-corrected chi connectivity index (χ0v) is 36.5. The van der Waals surface area contributed by atoms with Crippen LogP contribution in [0.25, 0.3) is 0 Å². The second-order valence-electron chi connectivity index (χ2n) is 16.5. The van der Waals surface area contributed by atoms with E-state index in [0.717, 1.165) is 57.8 Å². The first-order chi connectivity index (χ1) is 26.2. The van der Waals surface area contributed by atoms with E-state index in [2.05, 4.69) is 31.3 Å². The number of rotatable bonds is 43. The molecule has 8 heteroatoms. The first kappa shape index (κ1) is 53.0. The third kappa shape index (κ3) is 39.3. The third-order valence-corrected chi connectivity index (χ3v) is 11.9. The van der Waals surface area contributed by atoms with Gasteiger partial charge in [-0.2, -0.15) is 8.42 Å². The fourth-order valence-electron chi connectivity index (χ4n) is 7.46. The lowest BCUT2D eigenvalue weighted by molar-refractivity contribution is -0.131. The Kier molecular flexibility index (Phi) is 39.5. The molecule has 0 saturated heterocycles. The fraction of sp³-hybridized carbons (Fsp3) is 0.935. The minimum Gasteiger partial charge on any atom is -0.391 e. The molecule has 0 spiro atoms. The summed E-state index contributed by atoms with van der Waals surface area (Å²) in [5.41, 5.74) is 0. The molecule has 0 aromatic heterocycles. The van der Waals surface area contributed by atoms with Crippen molar-refractivity contribution in [3.05, 3.63) is 12.2 Å². The molecule has 0 radical (unpaired) electrons. The van der Waals surface area contributed by atoms with E-state index in [1.54, 1.807) is 0 Å². The van der Waals surface area contributed by atoms with Crippen molar-refractivity contribution in [2.24, 2.45) is 0 Å². The molecule has 54 heavy (non-hydrogen) atoms. The molecule has 0 aromatic rings. The summed E-state index contributed by atoms with van der Waals surface area (Å²) in [6, 6.07) is -1.15. The van der Waals surface area contributed by atoms with E-state index in [1.165, 1.54) is 161 Å². The molecule has 7 nitrogen and oxygen atoms in total. The van der Waals surface area contributed by atoms with Gasteiger partial charge in [0.05, 0.1) is 17.9 Å². The number of amides is 1. The van der Waals surface area contributed by atoms with Crippen LogP contribution in [-0.4, -0.2) is 53.1 Å². The average Bonchev–Trinajstić information content (AvgIpc) is 3.14. The van der Waals surface area contributed by atoms with Gasteiger partial charge in [0.25, 0.3) is 10.1 Å². The standard InChI is InChI=1S/C46H91NO6S/c1-3-5-7-9-11-13-15-17-19-21-22-23-25-26-28-30-32-34-36-38-40-44(48)43(42-54(51,52)53)47-46(50)45(49)41-39-37-35-33-31-29-27-24-20-18-16-14-12-10-8-6-4-2/h27,29,43-45,48-49H,3-26,28,30-42H2,1-2H3,(H,47,50)(H,51,52,53)/b29-27-. The quantitative estimate of drug-likeness (QED) is 0.0277. The molecule has 3 atom stereocenters. The first-order valence-corrected chi connectivity index (χ1v) is 25.1. The Balaban J connectivity index is 3.90.